The van der Waals surface area contributed by atoms with Crippen LogP contribution in [0.3, 0.4) is 0 Å². The standard InChI is InChI=1S/C22H17BrN4O3/c1-4-13-9-16(12-24-11-13)30-22-26-20-18(19(23)17(5-2)25-20)21(27-22)29-15-8-6-7-14(10-15)28-3/h1,6-12H,5H2,2-3H3,(H,25,26,27). The third kappa shape index (κ3) is 3.93. The number of terminal acetylenes is 1. The van der Waals surface area contributed by atoms with Crippen molar-refractivity contribution in [2.24, 2.45) is 0 Å². The van der Waals surface area contributed by atoms with Crippen LogP contribution in [0.4, 0.5) is 0 Å². The molecule has 30 heavy (non-hydrogen) atoms. The Morgan fingerprint density at radius 2 is 1.93 bits per heavy atom. The molecule has 0 unspecified atom stereocenters. The van der Waals surface area contributed by atoms with E-state index in [0.29, 0.717) is 34.3 Å². The molecule has 7 nitrogen and oxygen atoms in total. The summed E-state index contributed by atoms with van der Waals surface area (Å²) in [4.78, 5) is 16.3. The van der Waals surface area contributed by atoms with Crippen LogP contribution in [0.25, 0.3) is 11.0 Å². The minimum Gasteiger partial charge on any atom is -0.497 e. The molecule has 0 aliphatic carbocycles. The first kappa shape index (κ1) is 19.7. The van der Waals surface area contributed by atoms with Crippen LogP contribution < -0.4 is 14.2 Å². The molecule has 0 amide bonds. The Morgan fingerprint density at radius 1 is 1.10 bits per heavy atom. The summed E-state index contributed by atoms with van der Waals surface area (Å²) in [6, 6.07) is 9.06. The van der Waals surface area contributed by atoms with Gasteiger partial charge in [-0.3, -0.25) is 4.98 Å². The minimum atomic E-state index is 0.104. The summed E-state index contributed by atoms with van der Waals surface area (Å²) in [7, 11) is 1.60. The number of aromatic nitrogens is 4. The van der Waals surface area contributed by atoms with Crippen molar-refractivity contribution in [3.63, 3.8) is 0 Å². The number of hydrogen-bond acceptors (Lipinski definition) is 6. The summed E-state index contributed by atoms with van der Waals surface area (Å²) < 4.78 is 18.0. The van der Waals surface area contributed by atoms with Crippen molar-refractivity contribution in [3.05, 3.63) is 58.5 Å². The molecule has 4 aromatic rings. The average Bonchev–Trinajstić information content (AvgIpc) is 3.09. The number of pyridine rings is 1. The van der Waals surface area contributed by atoms with E-state index in [1.54, 1.807) is 31.6 Å². The molecule has 1 aromatic carbocycles. The molecule has 4 rings (SSSR count). The van der Waals surface area contributed by atoms with Crippen LogP contribution in [0, 0.1) is 12.3 Å². The molecule has 3 heterocycles. The normalized spacial score (nSPS) is 10.6. The first-order chi connectivity index (χ1) is 14.6. The van der Waals surface area contributed by atoms with Crippen LogP contribution in [0.5, 0.6) is 29.1 Å². The van der Waals surface area contributed by atoms with E-state index in [1.807, 2.05) is 25.1 Å². The molecule has 0 aliphatic rings. The second kappa shape index (κ2) is 8.43. The second-order valence-electron chi connectivity index (χ2n) is 6.24. The topological polar surface area (TPSA) is 82.2 Å². The van der Waals surface area contributed by atoms with Crippen molar-refractivity contribution >= 4 is 27.0 Å². The largest absolute Gasteiger partial charge is 0.497 e. The summed E-state index contributed by atoms with van der Waals surface area (Å²) in [5, 5.41) is 0.720. The molecule has 0 saturated heterocycles. The fourth-order valence-electron chi connectivity index (χ4n) is 2.86. The zero-order valence-electron chi connectivity index (χ0n) is 16.3. The van der Waals surface area contributed by atoms with Crippen LogP contribution in [0.1, 0.15) is 18.2 Å². The van der Waals surface area contributed by atoms with E-state index in [1.165, 1.54) is 0 Å². The molecule has 0 saturated carbocycles. The molecule has 0 bridgehead atoms. The van der Waals surface area contributed by atoms with E-state index in [-0.39, 0.29) is 6.01 Å². The highest BCUT2D eigenvalue weighted by Crippen LogP contribution is 2.37. The van der Waals surface area contributed by atoms with Gasteiger partial charge in [0.1, 0.15) is 17.1 Å². The van der Waals surface area contributed by atoms with E-state index >= 15 is 0 Å². The van der Waals surface area contributed by atoms with E-state index in [0.717, 1.165) is 22.0 Å². The Morgan fingerprint density at radius 3 is 2.70 bits per heavy atom. The highest BCUT2D eigenvalue weighted by molar-refractivity contribution is 9.10. The number of aryl methyl sites for hydroxylation is 1. The number of hydrogen-bond donors (Lipinski definition) is 1. The van der Waals surface area contributed by atoms with Crippen molar-refractivity contribution in [1.82, 2.24) is 19.9 Å². The lowest BCUT2D eigenvalue weighted by Crippen LogP contribution is -1.97. The summed E-state index contributed by atoms with van der Waals surface area (Å²) in [6.45, 7) is 2.04. The van der Waals surface area contributed by atoms with Crippen LogP contribution in [-0.2, 0) is 6.42 Å². The lowest BCUT2D eigenvalue weighted by molar-refractivity contribution is 0.402. The molecule has 0 spiro atoms. The number of fused-ring (bicyclic) bond motifs is 1. The van der Waals surface area contributed by atoms with Gasteiger partial charge in [0.2, 0.25) is 5.88 Å². The molecule has 1 N–H and O–H groups in total. The van der Waals surface area contributed by atoms with E-state index in [9.17, 15) is 0 Å². The Kier molecular flexibility index (Phi) is 5.55. The van der Waals surface area contributed by atoms with Crippen molar-refractivity contribution in [2.45, 2.75) is 13.3 Å². The molecule has 0 aliphatic heterocycles. The fraction of sp³-hybridized carbons (Fsp3) is 0.136. The number of benzene rings is 1. The van der Waals surface area contributed by atoms with Gasteiger partial charge in [-0.2, -0.15) is 9.97 Å². The van der Waals surface area contributed by atoms with Gasteiger partial charge in [-0.15, -0.1) is 6.42 Å². The van der Waals surface area contributed by atoms with Gasteiger partial charge in [0.25, 0.3) is 0 Å². The highest BCUT2D eigenvalue weighted by Gasteiger charge is 2.19. The van der Waals surface area contributed by atoms with Crippen LogP contribution in [0.2, 0.25) is 0 Å². The molecule has 0 fully saturated rings. The number of nitrogens with zero attached hydrogens (tertiary/aromatic N) is 3. The fourth-order valence-corrected chi connectivity index (χ4v) is 3.59. The predicted octanol–water partition coefficient (Wildman–Crippen LogP) is 5.25. The van der Waals surface area contributed by atoms with Crippen molar-refractivity contribution in [1.29, 1.82) is 0 Å². The Bertz CT molecular complexity index is 1260. The Hall–Kier alpha value is -3.57. The second-order valence-corrected chi connectivity index (χ2v) is 7.04. The Labute approximate surface area is 181 Å². The monoisotopic (exact) mass is 464 g/mol. The van der Waals surface area contributed by atoms with Crippen molar-refractivity contribution in [2.75, 3.05) is 7.11 Å². The summed E-state index contributed by atoms with van der Waals surface area (Å²) in [6.07, 6.45) is 9.33. The number of halogens is 1. The summed E-state index contributed by atoms with van der Waals surface area (Å²) in [5.41, 5.74) is 2.16. The van der Waals surface area contributed by atoms with Gasteiger partial charge in [0.15, 0.2) is 5.75 Å². The SMILES string of the molecule is C#Cc1cncc(Oc2nc(Oc3cccc(OC)c3)c3c(Br)c(CC)[nH]c3n2)c1. The Balaban J connectivity index is 1.79. The lowest BCUT2D eigenvalue weighted by atomic mass is 10.3. The zero-order chi connectivity index (χ0) is 21.1. The molecule has 8 heteroatoms. The molecule has 3 aromatic heterocycles. The quantitative estimate of drug-likeness (QED) is 0.392. The first-order valence-electron chi connectivity index (χ1n) is 9.10. The molecular formula is C22H17BrN4O3. The van der Waals surface area contributed by atoms with E-state index in [2.05, 4.69) is 41.8 Å². The summed E-state index contributed by atoms with van der Waals surface area (Å²) >= 11 is 3.63. The van der Waals surface area contributed by atoms with Gasteiger partial charge in [0, 0.05) is 23.5 Å². The maximum absolute atomic E-state index is 6.09. The third-order valence-electron chi connectivity index (χ3n) is 4.31. The van der Waals surface area contributed by atoms with Crippen LogP contribution in [0.15, 0.2) is 47.2 Å². The smallest absolute Gasteiger partial charge is 0.327 e. The van der Waals surface area contributed by atoms with E-state index < -0.39 is 0 Å². The van der Waals surface area contributed by atoms with Gasteiger partial charge < -0.3 is 19.2 Å². The van der Waals surface area contributed by atoms with E-state index in [4.69, 9.17) is 20.6 Å². The van der Waals surface area contributed by atoms with Crippen molar-refractivity contribution < 1.29 is 14.2 Å². The lowest BCUT2D eigenvalue weighted by Gasteiger charge is -2.10. The highest BCUT2D eigenvalue weighted by atomic mass is 79.9. The number of rotatable bonds is 6. The molecule has 150 valence electrons. The van der Waals surface area contributed by atoms with Gasteiger partial charge in [0.05, 0.1) is 23.2 Å². The maximum Gasteiger partial charge on any atom is 0.327 e. The first-order valence-corrected chi connectivity index (χ1v) is 9.90. The van der Waals surface area contributed by atoms with Crippen LogP contribution >= 0.6 is 15.9 Å². The maximum atomic E-state index is 6.09. The van der Waals surface area contributed by atoms with Gasteiger partial charge >= 0.3 is 6.01 Å². The van der Waals surface area contributed by atoms with Gasteiger partial charge in [-0.25, -0.2) is 0 Å². The van der Waals surface area contributed by atoms with Gasteiger partial charge in [-0.05, 0) is 40.5 Å². The minimum absolute atomic E-state index is 0.104. The number of methoxy groups -OCH3 is 1. The average molecular weight is 465 g/mol. The third-order valence-corrected chi connectivity index (χ3v) is 5.18. The molecule has 0 radical (unpaired) electrons. The number of aromatic amines is 1. The predicted molar refractivity (Wildman–Crippen MR) is 116 cm³/mol. The molecule has 0 atom stereocenters. The number of H-pyrrole nitrogens is 1. The summed E-state index contributed by atoms with van der Waals surface area (Å²) in [5.74, 6) is 4.54. The van der Waals surface area contributed by atoms with Crippen LogP contribution in [-0.4, -0.2) is 27.0 Å². The zero-order valence-corrected chi connectivity index (χ0v) is 17.9. The van der Waals surface area contributed by atoms with Crippen molar-refractivity contribution in [3.8, 4) is 41.5 Å². The van der Waals surface area contributed by atoms with Gasteiger partial charge in [-0.1, -0.05) is 18.9 Å². The number of nitrogens with one attached hydrogen (secondary N) is 1. The number of ether oxygens (including phenoxy) is 3. The molecular weight excluding hydrogens is 448 g/mol.